The Morgan fingerprint density at radius 3 is 2.56 bits per heavy atom. The molecular weight excluding hydrogens is 226 g/mol. The fourth-order valence-electron chi connectivity index (χ4n) is 1.87. The van der Waals surface area contributed by atoms with Crippen molar-refractivity contribution >= 4 is 0 Å². The Labute approximate surface area is 110 Å². The van der Waals surface area contributed by atoms with E-state index in [1.165, 1.54) is 0 Å². The minimum absolute atomic E-state index is 0.0454. The topological polar surface area (TPSA) is 41.5 Å². The van der Waals surface area contributed by atoms with Crippen molar-refractivity contribution in [3.63, 3.8) is 0 Å². The van der Waals surface area contributed by atoms with Gasteiger partial charge in [-0.3, -0.25) is 0 Å². The van der Waals surface area contributed by atoms with Gasteiger partial charge in [0.1, 0.15) is 5.75 Å². The molecule has 1 atom stereocenters. The molecule has 18 heavy (non-hydrogen) atoms. The quantitative estimate of drug-likeness (QED) is 0.782. The molecule has 0 fully saturated rings. The van der Waals surface area contributed by atoms with Crippen molar-refractivity contribution in [2.24, 2.45) is 5.92 Å². The van der Waals surface area contributed by atoms with Crippen LogP contribution in [-0.2, 0) is 5.54 Å². The van der Waals surface area contributed by atoms with Gasteiger partial charge in [0.05, 0.1) is 18.8 Å². The van der Waals surface area contributed by atoms with Crippen LogP contribution in [0.25, 0.3) is 0 Å². The number of nitrogens with one attached hydrogen (secondary N) is 1. The van der Waals surface area contributed by atoms with E-state index < -0.39 is 5.54 Å². The molecule has 0 spiro atoms. The molecule has 0 aliphatic heterocycles. The van der Waals surface area contributed by atoms with E-state index in [9.17, 15) is 5.11 Å². The first kappa shape index (κ1) is 15.0. The predicted molar refractivity (Wildman–Crippen MR) is 74.9 cm³/mol. The van der Waals surface area contributed by atoms with Crippen LogP contribution in [0.5, 0.6) is 5.75 Å². The molecule has 0 saturated heterocycles. The Balaban J connectivity index is 2.99. The third kappa shape index (κ3) is 3.72. The molecule has 1 aromatic carbocycles. The normalized spacial score (nSPS) is 14.6. The van der Waals surface area contributed by atoms with Crippen LogP contribution in [0, 0.1) is 5.92 Å². The fourth-order valence-corrected chi connectivity index (χ4v) is 1.87. The molecule has 1 aromatic rings. The highest BCUT2D eigenvalue weighted by atomic mass is 16.5. The minimum atomic E-state index is -0.462. The first-order valence-corrected chi connectivity index (χ1v) is 6.61. The van der Waals surface area contributed by atoms with Crippen LogP contribution in [0.4, 0.5) is 0 Å². The Hall–Kier alpha value is -1.06. The van der Waals surface area contributed by atoms with E-state index in [1.807, 2.05) is 38.1 Å². The van der Waals surface area contributed by atoms with Crippen molar-refractivity contribution in [2.75, 3.05) is 19.8 Å². The van der Waals surface area contributed by atoms with E-state index in [2.05, 4.69) is 19.2 Å². The molecule has 0 aliphatic carbocycles. The van der Waals surface area contributed by atoms with Crippen LogP contribution in [-0.4, -0.2) is 24.9 Å². The second kappa shape index (κ2) is 6.76. The number of benzene rings is 1. The maximum absolute atomic E-state index is 9.73. The van der Waals surface area contributed by atoms with Gasteiger partial charge in [-0.1, -0.05) is 32.0 Å². The molecule has 0 radical (unpaired) electrons. The molecule has 1 unspecified atom stereocenters. The number of aliphatic hydroxyl groups excluding tert-OH is 1. The molecule has 0 bridgehead atoms. The molecule has 0 amide bonds. The first-order chi connectivity index (χ1) is 8.53. The zero-order chi connectivity index (χ0) is 13.6. The van der Waals surface area contributed by atoms with Gasteiger partial charge in [0, 0.05) is 5.56 Å². The number of hydrogen-bond donors (Lipinski definition) is 2. The van der Waals surface area contributed by atoms with Gasteiger partial charge < -0.3 is 15.2 Å². The number of para-hydroxylation sites is 1. The van der Waals surface area contributed by atoms with Gasteiger partial charge >= 0.3 is 0 Å². The SMILES string of the molecule is CCOc1ccccc1C(C)(CO)NCC(C)C. The highest BCUT2D eigenvalue weighted by molar-refractivity contribution is 5.39. The summed E-state index contributed by atoms with van der Waals surface area (Å²) >= 11 is 0. The van der Waals surface area contributed by atoms with E-state index in [0.717, 1.165) is 17.9 Å². The third-order valence-corrected chi connectivity index (χ3v) is 3.00. The maximum atomic E-state index is 9.73. The summed E-state index contributed by atoms with van der Waals surface area (Å²) in [6.07, 6.45) is 0. The highest BCUT2D eigenvalue weighted by Crippen LogP contribution is 2.29. The molecule has 0 aliphatic rings. The largest absolute Gasteiger partial charge is 0.494 e. The number of hydrogen-bond acceptors (Lipinski definition) is 3. The van der Waals surface area contributed by atoms with Crippen molar-refractivity contribution in [3.05, 3.63) is 29.8 Å². The van der Waals surface area contributed by atoms with E-state index in [-0.39, 0.29) is 6.61 Å². The van der Waals surface area contributed by atoms with Gasteiger partial charge in [0.2, 0.25) is 0 Å². The van der Waals surface area contributed by atoms with Crippen LogP contribution in [0.3, 0.4) is 0 Å². The van der Waals surface area contributed by atoms with Crippen molar-refractivity contribution in [1.29, 1.82) is 0 Å². The van der Waals surface area contributed by atoms with Crippen molar-refractivity contribution in [3.8, 4) is 5.75 Å². The van der Waals surface area contributed by atoms with Crippen molar-refractivity contribution < 1.29 is 9.84 Å². The van der Waals surface area contributed by atoms with Gasteiger partial charge in [0.15, 0.2) is 0 Å². The summed E-state index contributed by atoms with van der Waals surface area (Å²) in [5, 5.41) is 13.2. The summed E-state index contributed by atoms with van der Waals surface area (Å²) in [6.45, 7) is 9.81. The highest BCUT2D eigenvalue weighted by Gasteiger charge is 2.28. The Kier molecular flexibility index (Phi) is 5.63. The van der Waals surface area contributed by atoms with Crippen LogP contribution in [0.1, 0.15) is 33.3 Å². The lowest BCUT2D eigenvalue weighted by Gasteiger charge is -2.31. The molecule has 1 rings (SSSR count). The summed E-state index contributed by atoms with van der Waals surface area (Å²) in [6, 6.07) is 7.88. The van der Waals surface area contributed by atoms with Crippen molar-refractivity contribution in [2.45, 2.75) is 33.2 Å². The average molecular weight is 251 g/mol. The van der Waals surface area contributed by atoms with E-state index in [4.69, 9.17) is 4.74 Å². The molecule has 102 valence electrons. The minimum Gasteiger partial charge on any atom is -0.494 e. The summed E-state index contributed by atoms with van der Waals surface area (Å²) in [4.78, 5) is 0. The lowest BCUT2D eigenvalue weighted by molar-refractivity contribution is 0.166. The van der Waals surface area contributed by atoms with Gasteiger partial charge in [0.25, 0.3) is 0 Å². The number of ether oxygens (including phenoxy) is 1. The van der Waals surface area contributed by atoms with E-state index in [0.29, 0.717) is 12.5 Å². The van der Waals surface area contributed by atoms with Gasteiger partial charge in [-0.15, -0.1) is 0 Å². The van der Waals surface area contributed by atoms with Gasteiger partial charge in [-0.25, -0.2) is 0 Å². The standard InChI is InChI=1S/C15H25NO2/c1-5-18-14-9-7-6-8-13(14)15(4,11-17)16-10-12(2)3/h6-9,12,16-17H,5,10-11H2,1-4H3. The van der Waals surface area contributed by atoms with E-state index in [1.54, 1.807) is 0 Å². The fraction of sp³-hybridized carbons (Fsp3) is 0.600. The zero-order valence-corrected chi connectivity index (χ0v) is 11.9. The number of rotatable bonds is 7. The zero-order valence-electron chi connectivity index (χ0n) is 11.9. The average Bonchev–Trinajstić information content (AvgIpc) is 2.37. The molecule has 0 aromatic heterocycles. The van der Waals surface area contributed by atoms with Crippen LogP contribution >= 0.6 is 0 Å². The summed E-state index contributed by atoms with van der Waals surface area (Å²) in [5.74, 6) is 1.38. The Morgan fingerprint density at radius 1 is 1.33 bits per heavy atom. The summed E-state index contributed by atoms with van der Waals surface area (Å²) < 4.78 is 5.64. The van der Waals surface area contributed by atoms with Crippen LogP contribution in [0.2, 0.25) is 0 Å². The molecule has 3 nitrogen and oxygen atoms in total. The third-order valence-electron chi connectivity index (χ3n) is 3.00. The van der Waals surface area contributed by atoms with E-state index >= 15 is 0 Å². The molecule has 2 N–H and O–H groups in total. The molecular formula is C15H25NO2. The van der Waals surface area contributed by atoms with Gasteiger partial charge in [-0.2, -0.15) is 0 Å². The monoisotopic (exact) mass is 251 g/mol. The van der Waals surface area contributed by atoms with Crippen molar-refractivity contribution in [1.82, 2.24) is 5.32 Å². The maximum Gasteiger partial charge on any atom is 0.124 e. The molecule has 0 saturated carbocycles. The van der Waals surface area contributed by atoms with Gasteiger partial charge in [-0.05, 0) is 32.4 Å². The summed E-state index contributed by atoms with van der Waals surface area (Å²) in [7, 11) is 0. The lowest BCUT2D eigenvalue weighted by atomic mass is 9.91. The second-order valence-corrected chi connectivity index (χ2v) is 5.19. The molecule has 0 heterocycles. The van der Waals surface area contributed by atoms with Crippen LogP contribution in [0.15, 0.2) is 24.3 Å². The summed E-state index contributed by atoms with van der Waals surface area (Å²) in [5.41, 5.74) is 0.547. The Bertz CT molecular complexity index is 365. The number of aliphatic hydroxyl groups is 1. The van der Waals surface area contributed by atoms with Crippen LogP contribution < -0.4 is 10.1 Å². The first-order valence-electron chi connectivity index (χ1n) is 6.61. The molecule has 3 heteroatoms. The predicted octanol–water partition coefficient (Wildman–Crippen LogP) is 2.54. The lowest BCUT2D eigenvalue weighted by Crippen LogP contribution is -2.44. The smallest absolute Gasteiger partial charge is 0.124 e. The second-order valence-electron chi connectivity index (χ2n) is 5.19. The Morgan fingerprint density at radius 2 is 2.00 bits per heavy atom.